The number of aromatic nitrogens is 1. The monoisotopic (exact) mass is 264 g/mol. The number of carbonyl (C=O) groups excluding carboxylic acids is 1. The molecule has 0 aromatic carbocycles. The van der Waals surface area contributed by atoms with Crippen LogP contribution in [-0.4, -0.2) is 34.3 Å². The van der Waals surface area contributed by atoms with E-state index in [1.54, 1.807) is 17.5 Å². The second-order valence-corrected chi connectivity index (χ2v) is 6.44. The number of nitrogens with zero attached hydrogens (tertiary/aromatic N) is 2. The largest absolute Gasteiger partial charge is 0.297 e. The number of carbonyl (C=O) groups is 1. The maximum absolute atomic E-state index is 12.7. The summed E-state index contributed by atoms with van der Waals surface area (Å²) < 4.78 is 0. The summed E-state index contributed by atoms with van der Waals surface area (Å²) in [6.45, 7) is 2.23. The third kappa shape index (κ3) is 2.12. The molecule has 2 fully saturated rings. The molecular weight excluding hydrogens is 244 g/mol. The van der Waals surface area contributed by atoms with Crippen molar-refractivity contribution in [3.63, 3.8) is 0 Å². The normalized spacial score (nSPS) is 23.6. The summed E-state index contributed by atoms with van der Waals surface area (Å²) >= 11 is 1.60. The maximum atomic E-state index is 12.7. The second kappa shape index (κ2) is 5.10. The van der Waals surface area contributed by atoms with Gasteiger partial charge >= 0.3 is 0 Å². The van der Waals surface area contributed by atoms with E-state index in [1.165, 1.54) is 25.7 Å². The summed E-state index contributed by atoms with van der Waals surface area (Å²) in [5, 5.41) is 2.94. The first-order valence-corrected chi connectivity index (χ1v) is 7.86. The van der Waals surface area contributed by atoms with Crippen molar-refractivity contribution in [2.24, 2.45) is 0 Å². The molecule has 3 rings (SSSR count). The average molecular weight is 264 g/mol. The van der Waals surface area contributed by atoms with Crippen molar-refractivity contribution in [3.05, 3.63) is 16.6 Å². The van der Waals surface area contributed by atoms with E-state index in [1.807, 2.05) is 5.38 Å². The maximum Gasteiger partial charge on any atom is 0.159 e. The molecule has 1 saturated carbocycles. The lowest BCUT2D eigenvalue weighted by molar-refractivity contribution is -0.129. The summed E-state index contributed by atoms with van der Waals surface area (Å²) in [7, 11) is 0. The zero-order valence-corrected chi connectivity index (χ0v) is 11.5. The molecule has 98 valence electrons. The first kappa shape index (κ1) is 12.3. The van der Waals surface area contributed by atoms with Crippen LogP contribution in [0.1, 0.15) is 43.5 Å². The highest BCUT2D eigenvalue weighted by Crippen LogP contribution is 2.39. The van der Waals surface area contributed by atoms with Gasteiger partial charge in [0.15, 0.2) is 5.78 Å². The predicted molar refractivity (Wildman–Crippen MR) is 72.8 cm³/mol. The molecule has 0 spiro atoms. The SMILES string of the molecule is O=C(Cc1nccs1)C1(N2CCCC2)CCCC1. The minimum atomic E-state index is -0.137. The van der Waals surface area contributed by atoms with Gasteiger partial charge in [-0.25, -0.2) is 4.98 Å². The molecule has 1 aliphatic carbocycles. The molecule has 0 unspecified atom stereocenters. The first-order chi connectivity index (χ1) is 8.81. The summed E-state index contributed by atoms with van der Waals surface area (Å²) in [6, 6.07) is 0. The minimum absolute atomic E-state index is 0.137. The van der Waals surface area contributed by atoms with Crippen LogP contribution in [0, 0.1) is 0 Å². The smallest absolute Gasteiger partial charge is 0.159 e. The molecular formula is C14H20N2OS. The van der Waals surface area contributed by atoms with Crippen LogP contribution in [-0.2, 0) is 11.2 Å². The Labute approximate surface area is 112 Å². The zero-order chi connectivity index (χ0) is 12.4. The van der Waals surface area contributed by atoms with E-state index in [9.17, 15) is 4.79 Å². The molecule has 1 aromatic rings. The van der Waals surface area contributed by atoms with Gasteiger partial charge in [-0.3, -0.25) is 9.69 Å². The Balaban J connectivity index is 1.78. The summed E-state index contributed by atoms with van der Waals surface area (Å²) in [6.07, 6.45) is 9.39. The van der Waals surface area contributed by atoms with Gasteiger partial charge in [-0.05, 0) is 38.8 Å². The topological polar surface area (TPSA) is 33.2 Å². The van der Waals surface area contributed by atoms with Gasteiger partial charge in [-0.2, -0.15) is 0 Å². The molecule has 2 aliphatic rings. The number of rotatable bonds is 4. The van der Waals surface area contributed by atoms with Crippen molar-refractivity contribution in [1.82, 2.24) is 9.88 Å². The highest BCUT2D eigenvalue weighted by molar-refractivity contribution is 7.09. The molecule has 0 atom stereocenters. The van der Waals surface area contributed by atoms with Crippen LogP contribution in [0.4, 0.5) is 0 Å². The molecule has 0 radical (unpaired) electrons. The van der Waals surface area contributed by atoms with Crippen molar-refractivity contribution in [2.45, 2.75) is 50.5 Å². The quantitative estimate of drug-likeness (QED) is 0.838. The molecule has 18 heavy (non-hydrogen) atoms. The molecule has 0 bridgehead atoms. The lowest BCUT2D eigenvalue weighted by atomic mass is 9.88. The predicted octanol–water partition coefficient (Wildman–Crippen LogP) is 2.66. The number of Topliss-reactive ketones (excluding diaryl/α,β-unsaturated/α-hetero) is 1. The molecule has 3 nitrogen and oxygen atoms in total. The van der Waals surface area contributed by atoms with Crippen LogP contribution in [0.2, 0.25) is 0 Å². The summed E-state index contributed by atoms with van der Waals surface area (Å²) in [4.78, 5) is 19.5. The Hall–Kier alpha value is -0.740. The van der Waals surface area contributed by atoms with Gasteiger partial charge in [0.2, 0.25) is 0 Å². The van der Waals surface area contributed by atoms with E-state index >= 15 is 0 Å². The van der Waals surface area contributed by atoms with Crippen molar-refractivity contribution < 1.29 is 4.79 Å². The Morgan fingerprint density at radius 1 is 1.28 bits per heavy atom. The van der Waals surface area contributed by atoms with E-state index < -0.39 is 0 Å². The number of hydrogen-bond acceptors (Lipinski definition) is 4. The third-order valence-electron chi connectivity index (χ3n) is 4.46. The van der Waals surface area contributed by atoms with E-state index in [2.05, 4.69) is 9.88 Å². The van der Waals surface area contributed by atoms with Crippen LogP contribution in [0.15, 0.2) is 11.6 Å². The second-order valence-electron chi connectivity index (χ2n) is 5.46. The van der Waals surface area contributed by atoms with E-state index in [4.69, 9.17) is 0 Å². The van der Waals surface area contributed by atoms with Gasteiger partial charge in [-0.15, -0.1) is 11.3 Å². The van der Waals surface area contributed by atoms with Gasteiger partial charge in [-0.1, -0.05) is 12.8 Å². The van der Waals surface area contributed by atoms with Crippen LogP contribution >= 0.6 is 11.3 Å². The lowest BCUT2D eigenvalue weighted by Gasteiger charge is -2.37. The molecule has 2 heterocycles. The molecule has 0 N–H and O–H groups in total. The van der Waals surface area contributed by atoms with Gasteiger partial charge in [0.05, 0.1) is 17.0 Å². The van der Waals surface area contributed by atoms with E-state index in [0.717, 1.165) is 30.9 Å². The van der Waals surface area contributed by atoms with Crippen LogP contribution in [0.3, 0.4) is 0 Å². The Morgan fingerprint density at radius 3 is 2.61 bits per heavy atom. The number of likely N-dealkylation sites (tertiary alicyclic amines) is 1. The standard InChI is InChI=1S/C14H20N2OS/c17-12(11-13-15-7-10-18-13)14(5-1-2-6-14)16-8-3-4-9-16/h7,10H,1-6,8-9,11H2. The molecule has 0 amide bonds. The highest BCUT2D eigenvalue weighted by Gasteiger charge is 2.46. The van der Waals surface area contributed by atoms with Crippen LogP contribution < -0.4 is 0 Å². The van der Waals surface area contributed by atoms with Gasteiger partial charge < -0.3 is 0 Å². The molecule has 4 heteroatoms. The summed E-state index contributed by atoms with van der Waals surface area (Å²) in [5.74, 6) is 0.414. The van der Waals surface area contributed by atoms with Gasteiger partial charge in [0.25, 0.3) is 0 Å². The molecule has 1 saturated heterocycles. The van der Waals surface area contributed by atoms with Crippen molar-refractivity contribution in [1.29, 1.82) is 0 Å². The fraction of sp³-hybridized carbons (Fsp3) is 0.714. The number of thiazole rings is 1. The first-order valence-electron chi connectivity index (χ1n) is 6.98. The van der Waals surface area contributed by atoms with E-state index in [-0.39, 0.29) is 5.54 Å². The van der Waals surface area contributed by atoms with Gasteiger partial charge in [0.1, 0.15) is 0 Å². The van der Waals surface area contributed by atoms with Crippen LogP contribution in [0.5, 0.6) is 0 Å². The fourth-order valence-electron chi connectivity index (χ4n) is 3.52. The Kier molecular flexibility index (Phi) is 3.48. The number of ketones is 1. The molecule has 1 aromatic heterocycles. The average Bonchev–Trinajstić information content (AvgIpc) is 3.12. The minimum Gasteiger partial charge on any atom is -0.297 e. The van der Waals surface area contributed by atoms with Crippen molar-refractivity contribution >= 4 is 17.1 Å². The highest BCUT2D eigenvalue weighted by atomic mass is 32.1. The fourth-order valence-corrected chi connectivity index (χ4v) is 4.13. The van der Waals surface area contributed by atoms with Crippen molar-refractivity contribution in [2.75, 3.05) is 13.1 Å². The van der Waals surface area contributed by atoms with E-state index in [0.29, 0.717) is 12.2 Å². The lowest BCUT2D eigenvalue weighted by Crippen LogP contribution is -2.52. The zero-order valence-electron chi connectivity index (χ0n) is 10.7. The number of hydrogen-bond donors (Lipinski definition) is 0. The van der Waals surface area contributed by atoms with Crippen LogP contribution in [0.25, 0.3) is 0 Å². The molecule has 1 aliphatic heterocycles. The Morgan fingerprint density at radius 2 is 2.00 bits per heavy atom. The Bertz CT molecular complexity index is 403. The van der Waals surface area contributed by atoms with Gasteiger partial charge in [0, 0.05) is 11.6 Å². The third-order valence-corrected chi connectivity index (χ3v) is 5.24. The summed E-state index contributed by atoms with van der Waals surface area (Å²) in [5.41, 5.74) is -0.137. The van der Waals surface area contributed by atoms with Crippen molar-refractivity contribution in [3.8, 4) is 0 Å².